The van der Waals surface area contributed by atoms with Gasteiger partial charge in [-0.15, -0.1) is 13.2 Å². The van der Waals surface area contributed by atoms with Gasteiger partial charge >= 0.3 is 18.6 Å². The van der Waals surface area contributed by atoms with Crippen molar-refractivity contribution in [3.05, 3.63) is 63.2 Å². The lowest BCUT2D eigenvalue weighted by atomic mass is 10.1. The first kappa shape index (κ1) is 30.5. The van der Waals surface area contributed by atoms with Crippen LogP contribution in [0.3, 0.4) is 0 Å². The predicted octanol–water partition coefficient (Wildman–Crippen LogP) is 6.91. The van der Waals surface area contributed by atoms with Crippen molar-refractivity contribution < 1.29 is 45.5 Å². The number of hydrogen-bond donors (Lipinski definition) is 0. The molecule has 1 amide bonds. The Kier molecular flexibility index (Phi) is 10.2. The zero-order valence-corrected chi connectivity index (χ0v) is 20.9. The summed E-state index contributed by atoms with van der Waals surface area (Å²) >= 11 is 0. The van der Waals surface area contributed by atoms with E-state index in [1.807, 2.05) is 18.7 Å². The maximum atomic E-state index is 13.3. The number of anilines is 1. The van der Waals surface area contributed by atoms with E-state index in [-0.39, 0.29) is 17.7 Å². The van der Waals surface area contributed by atoms with Crippen molar-refractivity contribution in [1.29, 1.82) is 0 Å². The predicted molar refractivity (Wildman–Crippen MR) is 126 cm³/mol. The number of methoxy groups -OCH3 is 1. The summed E-state index contributed by atoms with van der Waals surface area (Å²) in [5.41, 5.74) is -1.65. The van der Waals surface area contributed by atoms with Crippen LogP contribution >= 0.6 is 0 Å². The SMILES string of the molecule is CCCCN(CC)c1ccc(OC(F)(F)F)cc1CN(Cc1cc([N+](=O)[O-])cc(C(F)(F)F)c1)C(=O)OC. The number of halogens is 6. The lowest BCUT2D eigenvalue weighted by Crippen LogP contribution is -2.32. The molecule has 0 aromatic heterocycles. The van der Waals surface area contributed by atoms with Crippen molar-refractivity contribution in [3.63, 3.8) is 0 Å². The van der Waals surface area contributed by atoms with Gasteiger partial charge in [-0.05, 0) is 48.7 Å². The average Bonchev–Trinajstić information content (AvgIpc) is 2.82. The van der Waals surface area contributed by atoms with E-state index < -0.39 is 47.1 Å². The maximum Gasteiger partial charge on any atom is 0.573 e. The molecule has 0 spiro atoms. The van der Waals surface area contributed by atoms with Crippen LogP contribution in [-0.4, -0.2) is 42.5 Å². The van der Waals surface area contributed by atoms with E-state index in [0.29, 0.717) is 30.9 Å². The van der Waals surface area contributed by atoms with E-state index in [9.17, 15) is 41.3 Å². The van der Waals surface area contributed by atoms with Crippen LogP contribution in [0.25, 0.3) is 0 Å². The summed E-state index contributed by atoms with van der Waals surface area (Å²) < 4.78 is 87.4. The lowest BCUT2D eigenvalue weighted by molar-refractivity contribution is -0.385. The molecule has 0 saturated carbocycles. The van der Waals surface area contributed by atoms with Crippen LogP contribution in [0.5, 0.6) is 5.75 Å². The highest BCUT2D eigenvalue weighted by Gasteiger charge is 2.34. The standard InChI is InChI=1S/C24H27F6N3O5/c1-4-6-9-31(5-2)21-8-7-20(38-24(28,29)30)12-17(21)15-32(22(34)37-3)14-16-10-18(23(25,26)27)13-19(11-16)33(35)36/h7-8,10-13H,4-6,9,14-15H2,1-3H3. The fourth-order valence-electron chi connectivity index (χ4n) is 3.77. The number of nitro benzene ring substituents is 1. The minimum atomic E-state index is -4.98. The molecule has 0 aliphatic carbocycles. The van der Waals surface area contributed by atoms with Gasteiger partial charge in [0.15, 0.2) is 0 Å². The Bertz CT molecular complexity index is 1120. The third kappa shape index (κ3) is 8.70. The van der Waals surface area contributed by atoms with Crippen LogP contribution in [-0.2, 0) is 24.0 Å². The summed E-state index contributed by atoms with van der Waals surface area (Å²) in [6.45, 7) is 3.88. The molecule has 0 radical (unpaired) electrons. The van der Waals surface area contributed by atoms with Gasteiger partial charge in [-0.2, -0.15) is 13.2 Å². The fraction of sp³-hybridized carbons (Fsp3) is 0.458. The van der Waals surface area contributed by atoms with Crippen molar-refractivity contribution in [2.45, 2.75) is 52.3 Å². The molecule has 0 bridgehead atoms. The Morgan fingerprint density at radius 2 is 1.71 bits per heavy atom. The number of ether oxygens (including phenoxy) is 2. The molecule has 2 aromatic carbocycles. The van der Waals surface area contributed by atoms with E-state index in [1.54, 1.807) is 0 Å². The van der Waals surface area contributed by atoms with Crippen LogP contribution in [0.15, 0.2) is 36.4 Å². The van der Waals surface area contributed by atoms with Crippen molar-refractivity contribution in [2.75, 3.05) is 25.1 Å². The highest BCUT2D eigenvalue weighted by molar-refractivity contribution is 5.68. The van der Waals surface area contributed by atoms with Gasteiger partial charge in [-0.1, -0.05) is 13.3 Å². The van der Waals surface area contributed by atoms with Gasteiger partial charge < -0.3 is 14.4 Å². The normalized spacial score (nSPS) is 11.7. The second kappa shape index (κ2) is 12.7. The minimum absolute atomic E-state index is 0.205. The molecule has 0 N–H and O–H groups in total. The summed E-state index contributed by atoms with van der Waals surface area (Å²) in [6.07, 6.45) is -9.28. The molecule has 210 valence electrons. The number of rotatable bonds is 11. The molecule has 0 atom stereocenters. The summed E-state index contributed by atoms with van der Waals surface area (Å²) in [5, 5.41) is 11.2. The Hall–Kier alpha value is -3.71. The Morgan fingerprint density at radius 3 is 2.24 bits per heavy atom. The van der Waals surface area contributed by atoms with Crippen molar-refractivity contribution in [2.24, 2.45) is 0 Å². The monoisotopic (exact) mass is 551 g/mol. The number of nitrogens with zero attached hydrogens (tertiary/aromatic N) is 3. The number of hydrogen-bond acceptors (Lipinski definition) is 6. The van der Waals surface area contributed by atoms with Crippen molar-refractivity contribution >= 4 is 17.5 Å². The first-order chi connectivity index (χ1) is 17.7. The molecule has 0 fully saturated rings. The smallest absolute Gasteiger partial charge is 0.453 e. The van der Waals surface area contributed by atoms with Gasteiger partial charge in [0.05, 0.1) is 24.1 Å². The van der Waals surface area contributed by atoms with Crippen LogP contribution < -0.4 is 9.64 Å². The van der Waals surface area contributed by atoms with E-state index in [0.717, 1.165) is 43.1 Å². The van der Waals surface area contributed by atoms with Gasteiger partial charge in [0.1, 0.15) is 5.75 Å². The van der Waals surface area contributed by atoms with Crippen molar-refractivity contribution in [1.82, 2.24) is 4.90 Å². The Morgan fingerprint density at radius 1 is 1.03 bits per heavy atom. The van der Waals surface area contributed by atoms with E-state index in [1.165, 1.54) is 6.07 Å². The quantitative estimate of drug-likeness (QED) is 0.172. The van der Waals surface area contributed by atoms with E-state index >= 15 is 0 Å². The van der Waals surface area contributed by atoms with Crippen molar-refractivity contribution in [3.8, 4) is 5.75 Å². The van der Waals surface area contributed by atoms with Gasteiger partial charge in [-0.3, -0.25) is 15.0 Å². The summed E-state index contributed by atoms with van der Waals surface area (Å²) in [6, 6.07) is 5.53. The molecular formula is C24H27F6N3O5. The summed E-state index contributed by atoms with van der Waals surface area (Å²) in [5.74, 6) is -0.553. The molecule has 14 heteroatoms. The van der Waals surface area contributed by atoms with Crippen LogP contribution in [0.2, 0.25) is 0 Å². The highest BCUT2D eigenvalue weighted by atomic mass is 19.4. The Labute approximate surface area is 214 Å². The third-order valence-corrected chi connectivity index (χ3v) is 5.47. The molecule has 0 heterocycles. The third-order valence-electron chi connectivity index (χ3n) is 5.47. The molecule has 0 aliphatic rings. The van der Waals surface area contributed by atoms with Gasteiger partial charge in [0.25, 0.3) is 5.69 Å². The lowest BCUT2D eigenvalue weighted by Gasteiger charge is -2.29. The second-order valence-corrected chi connectivity index (χ2v) is 8.24. The largest absolute Gasteiger partial charge is 0.573 e. The van der Waals surface area contributed by atoms with Crippen LogP contribution in [0.1, 0.15) is 43.4 Å². The molecule has 0 unspecified atom stereocenters. The zero-order valence-electron chi connectivity index (χ0n) is 20.9. The number of non-ortho nitro benzene ring substituents is 1. The first-order valence-corrected chi connectivity index (χ1v) is 11.5. The number of amides is 1. The molecule has 0 saturated heterocycles. The fourth-order valence-corrected chi connectivity index (χ4v) is 3.77. The molecular weight excluding hydrogens is 524 g/mol. The molecule has 0 aliphatic heterocycles. The number of carbonyl (C=O) groups is 1. The molecule has 2 aromatic rings. The molecule has 2 rings (SSSR count). The number of unbranched alkanes of at least 4 members (excludes halogenated alkanes) is 1. The number of carbonyl (C=O) groups excluding carboxylic acids is 1. The summed E-state index contributed by atoms with van der Waals surface area (Å²) in [4.78, 5) is 25.6. The Balaban J connectivity index is 2.56. The highest BCUT2D eigenvalue weighted by Crippen LogP contribution is 2.34. The average molecular weight is 551 g/mol. The summed E-state index contributed by atoms with van der Waals surface area (Å²) in [7, 11) is 1.02. The second-order valence-electron chi connectivity index (χ2n) is 8.24. The van der Waals surface area contributed by atoms with Gasteiger partial charge in [0.2, 0.25) is 0 Å². The van der Waals surface area contributed by atoms with E-state index in [4.69, 9.17) is 4.74 Å². The minimum Gasteiger partial charge on any atom is -0.453 e. The van der Waals surface area contributed by atoms with Crippen LogP contribution in [0, 0.1) is 10.1 Å². The first-order valence-electron chi connectivity index (χ1n) is 11.5. The topological polar surface area (TPSA) is 85.1 Å². The van der Waals surface area contributed by atoms with E-state index in [2.05, 4.69) is 4.74 Å². The number of benzene rings is 2. The zero-order chi connectivity index (χ0) is 28.7. The van der Waals surface area contributed by atoms with Crippen LogP contribution in [0.4, 0.5) is 42.5 Å². The number of alkyl halides is 6. The molecule has 8 nitrogen and oxygen atoms in total. The number of nitro groups is 1. The maximum absolute atomic E-state index is 13.3. The van der Waals surface area contributed by atoms with Gasteiger partial charge in [0, 0.05) is 37.5 Å². The van der Waals surface area contributed by atoms with Gasteiger partial charge in [-0.25, -0.2) is 4.79 Å². The molecule has 38 heavy (non-hydrogen) atoms.